The van der Waals surface area contributed by atoms with Crippen LogP contribution in [0.5, 0.6) is 0 Å². The number of hydrogen-bond acceptors (Lipinski definition) is 6. The van der Waals surface area contributed by atoms with Gasteiger partial charge in [0, 0.05) is 18.0 Å². The summed E-state index contributed by atoms with van der Waals surface area (Å²) in [5.41, 5.74) is 0.933. The lowest BCUT2D eigenvalue weighted by atomic mass is 10.1. The molecule has 1 aliphatic heterocycles. The summed E-state index contributed by atoms with van der Waals surface area (Å²) in [6.07, 6.45) is 2.53. The first-order valence-electron chi connectivity index (χ1n) is 7.90. The van der Waals surface area contributed by atoms with Gasteiger partial charge in [-0.1, -0.05) is 6.07 Å². The van der Waals surface area contributed by atoms with Crippen LogP contribution in [0.3, 0.4) is 0 Å². The van der Waals surface area contributed by atoms with Crippen LogP contribution in [0.15, 0.2) is 22.9 Å². The molecule has 2 aromatic rings. The minimum Gasteiger partial charge on any atom is -0.378 e. The summed E-state index contributed by atoms with van der Waals surface area (Å²) in [7, 11) is 0. The molecule has 0 radical (unpaired) electrons. The van der Waals surface area contributed by atoms with Crippen molar-refractivity contribution in [3.63, 3.8) is 0 Å². The molecule has 2 aromatic heterocycles. The summed E-state index contributed by atoms with van der Waals surface area (Å²) in [5.74, 6) is 0.734. The highest BCUT2D eigenvalue weighted by molar-refractivity contribution is 7.16. The molecule has 2 fully saturated rings. The normalized spacial score (nSPS) is 22.2. The molecule has 1 atom stereocenters. The molecule has 4 rings (SSSR count). The number of nitrogens with zero attached hydrogens (tertiary/aromatic N) is 2. The molecular weight excluding hydrogens is 330 g/mol. The van der Waals surface area contributed by atoms with Gasteiger partial charge in [0.15, 0.2) is 5.13 Å². The molecule has 2 aliphatic rings. The number of amides is 1. The Balaban J connectivity index is 1.36. The number of aromatic nitrogens is 1. The number of morpholine rings is 1. The number of carbonyl (C=O) groups is 1. The zero-order valence-electron chi connectivity index (χ0n) is 12.7. The molecular formula is C16H19N3O2S2. The molecule has 23 heavy (non-hydrogen) atoms. The van der Waals surface area contributed by atoms with E-state index in [4.69, 9.17) is 4.74 Å². The number of hydrogen-bond donors (Lipinski definition) is 1. The highest BCUT2D eigenvalue weighted by Crippen LogP contribution is 2.36. The van der Waals surface area contributed by atoms with Crippen molar-refractivity contribution in [1.29, 1.82) is 0 Å². The summed E-state index contributed by atoms with van der Waals surface area (Å²) in [6.45, 7) is 2.75. The van der Waals surface area contributed by atoms with Crippen molar-refractivity contribution in [2.24, 2.45) is 5.92 Å². The van der Waals surface area contributed by atoms with Crippen molar-refractivity contribution in [2.75, 3.05) is 31.6 Å². The first-order chi connectivity index (χ1) is 11.3. The second kappa shape index (κ2) is 6.68. The van der Waals surface area contributed by atoms with Crippen LogP contribution in [0, 0.1) is 5.92 Å². The van der Waals surface area contributed by atoms with Gasteiger partial charge in [0.05, 0.1) is 30.3 Å². The van der Waals surface area contributed by atoms with Gasteiger partial charge in [-0.15, -0.1) is 22.7 Å². The minimum atomic E-state index is 0.0182. The summed E-state index contributed by atoms with van der Waals surface area (Å²) in [5, 5.41) is 7.64. The Bertz CT molecular complexity index is 667. The number of carbonyl (C=O) groups excluding carboxylic acids is 1. The van der Waals surface area contributed by atoms with Crippen molar-refractivity contribution < 1.29 is 9.53 Å². The van der Waals surface area contributed by atoms with Crippen LogP contribution in [0.2, 0.25) is 0 Å². The number of rotatable bonds is 5. The van der Waals surface area contributed by atoms with E-state index in [-0.39, 0.29) is 5.91 Å². The Morgan fingerprint density at radius 2 is 2.35 bits per heavy atom. The maximum atomic E-state index is 12.3. The molecule has 0 bridgehead atoms. The van der Waals surface area contributed by atoms with Crippen molar-refractivity contribution in [3.05, 3.63) is 22.9 Å². The molecule has 1 saturated carbocycles. The SMILES string of the molecule is O=C(CN1CCOCC1C1CC1)Nc1nc(-c2cccs2)cs1. The number of thiazole rings is 1. The number of ether oxygens (including phenoxy) is 1. The summed E-state index contributed by atoms with van der Waals surface area (Å²) in [6, 6.07) is 4.46. The van der Waals surface area contributed by atoms with E-state index >= 15 is 0 Å². The monoisotopic (exact) mass is 349 g/mol. The molecule has 122 valence electrons. The zero-order valence-corrected chi connectivity index (χ0v) is 14.4. The molecule has 1 unspecified atom stereocenters. The van der Waals surface area contributed by atoms with Crippen LogP contribution in [0.25, 0.3) is 10.6 Å². The van der Waals surface area contributed by atoms with E-state index in [9.17, 15) is 4.79 Å². The van der Waals surface area contributed by atoms with Crippen LogP contribution in [-0.2, 0) is 9.53 Å². The van der Waals surface area contributed by atoms with Gasteiger partial charge >= 0.3 is 0 Å². The van der Waals surface area contributed by atoms with Gasteiger partial charge < -0.3 is 10.1 Å². The fourth-order valence-corrected chi connectivity index (χ4v) is 4.47. The third kappa shape index (κ3) is 3.63. The van der Waals surface area contributed by atoms with Crippen LogP contribution in [-0.4, -0.2) is 48.1 Å². The van der Waals surface area contributed by atoms with E-state index in [0.717, 1.165) is 30.3 Å². The average molecular weight is 349 g/mol. The molecule has 1 N–H and O–H groups in total. The molecule has 5 nitrogen and oxygen atoms in total. The lowest BCUT2D eigenvalue weighted by molar-refractivity contribution is -0.120. The van der Waals surface area contributed by atoms with Gasteiger partial charge in [-0.3, -0.25) is 9.69 Å². The fraction of sp³-hybridized carbons (Fsp3) is 0.500. The van der Waals surface area contributed by atoms with Gasteiger partial charge in [-0.25, -0.2) is 4.98 Å². The van der Waals surface area contributed by atoms with Crippen molar-refractivity contribution in [2.45, 2.75) is 18.9 Å². The fourth-order valence-electron chi connectivity index (χ4n) is 2.98. The third-order valence-electron chi connectivity index (χ3n) is 4.32. The third-order valence-corrected chi connectivity index (χ3v) is 5.97. The Morgan fingerprint density at radius 1 is 1.43 bits per heavy atom. The van der Waals surface area contributed by atoms with E-state index in [1.165, 1.54) is 24.2 Å². The first kappa shape index (κ1) is 15.3. The highest BCUT2D eigenvalue weighted by atomic mass is 32.1. The van der Waals surface area contributed by atoms with Crippen molar-refractivity contribution >= 4 is 33.7 Å². The van der Waals surface area contributed by atoms with E-state index in [1.807, 2.05) is 22.9 Å². The summed E-state index contributed by atoms with van der Waals surface area (Å²) in [4.78, 5) is 20.2. The van der Waals surface area contributed by atoms with Gasteiger partial charge in [0.1, 0.15) is 0 Å². The highest BCUT2D eigenvalue weighted by Gasteiger charge is 2.37. The second-order valence-electron chi connectivity index (χ2n) is 6.01. The predicted molar refractivity (Wildman–Crippen MR) is 93.0 cm³/mol. The Kier molecular flexibility index (Phi) is 4.43. The molecule has 1 aliphatic carbocycles. The largest absolute Gasteiger partial charge is 0.378 e. The van der Waals surface area contributed by atoms with Crippen LogP contribution >= 0.6 is 22.7 Å². The van der Waals surface area contributed by atoms with Crippen molar-refractivity contribution in [1.82, 2.24) is 9.88 Å². The van der Waals surface area contributed by atoms with Gasteiger partial charge in [-0.2, -0.15) is 0 Å². The average Bonchev–Trinajstić information content (AvgIpc) is 3.06. The smallest absolute Gasteiger partial charge is 0.240 e. The molecule has 0 aromatic carbocycles. The lowest BCUT2D eigenvalue weighted by Crippen LogP contribution is -2.49. The topological polar surface area (TPSA) is 54.5 Å². The van der Waals surface area contributed by atoms with Gasteiger partial charge in [0.2, 0.25) is 5.91 Å². The van der Waals surface area contributed by atoms with E-state index in [2.05, 4.69) is 15.2 Å². The number of nitrogens with one attached hydrogen (secondary N) is 1. The van der Waals surface area contributed by atoms with Crippen LogP contribution in [0.4, 0.5) is 5.13 Å². The molecule has 1 saturated heterocycles. The Labute approximate surface area is 143 Å². The van der Waals surface area contributed by atoms with E-state index in [1.54, 1.807) is 11.3 Å². The predicted octanol–water partition coefficient (Wildman–Crippen LogP) is 2.92. The second-order valence-corrected chi connectivity index (χ2v) is 7.82. The van der Waals surface area contributed by atoms with Crippen molar-refractivity contribution in [3.8, 4) is 10.6 Å². The summed E-state index contributed by atoms with van der Waals surface area (Å²) >= 11 is 3.13. The quantitative estimate of drug-likeness (QED) is 0.902. The minimum absolute atomic E-state index is 0.0182. The number of thiophene rings is 1. The Morgan fingerprint density at radius 3 is 3.13 bits per heavy atom. The maximum absolute atomic E-state index is 12.3. The summed E-state index contributed by atoms with van der Waals surface area (Å²) < 4.78 is 5.58. The standard InChI is InChI=1S/C16H19N3O2S2/c20-15(8-19-5-6-21-9-13(19)11-3-4-11)18-16-17-12(10-23-16)14-2-1-7-22-14/h1-2,7,10-11,13H,3-6,8-9H2,(H,17,18,20). The van der Waals surface area contributed by atoms with Crippen LogP contribution < -0.4 is 5.32 Å². The molecule has 1 amide bonds. The van der Waals surface area contributed by atoms with Crippen LogP contribution in [0.1, 0.15) is 12.8 Å². The van der Waals surface area contributed by atoms with E-state index < -0.39 is 0 Å². The molecule has 3 heterocycles. The van der Waals surface area contributed by atoms with E-state index in [0.29, 0.717) is 23.6 Å². The molecule has 0 spiro atoms. The van der Waals surface area contributed by atoms with Gasteiger partial charge in [0.25, 0.3) is 0 Å². The maximum Gasteiger partial charge on any atom is 0.240 e. The number of anilines is 1. The lowest BCUT2D eigenvalue weighted by Gasteiger charge is -2.35. The Hall–Kier alpha value is -1.28. The molecule has 7 heteroatoms. The zero-order chi connectivity index (χ0) is 15.6. The van der Waals surface area contributed by atoms with Gasteiger partial charge in [-0.05, 0) is 30.2 Å². The first-order valence-corrected chi connectivity index (χ1v) is 9.66.